The SMILES string of the molecule is Cc1cnn(CC(C)NCC(=O)Nc2oc(C)c(C)c2C#N)c1. The minimum absolute atomic E-state index is 0.0792. The first-order valence-electron chi connectivity index (χ1n) is 7.43. The Hall–Kier alpha value is -2.59. The lowest BCUT2D eigenvalue weighted by Crippen LogP contribution is -2.37. The van der Waals surface area contributed by atoms with Gasteiger partial charge in [-0.3, -0.25) is 14.8 Å². The molecule has 122 valence electrons. The van der Waals surface area contributed by atoms with Gasteiger partial charge in [0.15, 0.2) is 0 Å². The number of aryl methyl sites for hydroxylation is 2. The van der Waals surface area contributed by atoms with Gasteiger partial charge in [0.1, 0.15) is 17.4 Å². The maximum atomic E-state index is 12.0. The fourth-order valence-corrected chi connectivity index (χ4v) is 2.20. The molecule has 2 rings (SSSR count). The second-order valence-corrected chi connectivity index (χ2v) is 5.67. The molecule has 1 amide bonds. The van der Waals surface area contributed by atoms with Crippen LogP contribution < -0.4 is 10.6 Å². The Labute approximate surface area is 135 Å². The molecule has 0 bridgehead atoms. The Kier molecular flexibility index (Phi) is 5.19. The average Bonchev–Trinajstić information content (AvgIpc) is 3.01. The highest BCUT2D eigenvalue weighted by molar-refractivity contribution is 5.92. The maximum absolute atomic E-state index is 12.0. The third-order valence-corrected chi connectivity index (χ3v) is 3.58. The first-order chi connectivity index (χ1) is 10.9. The van der Waals surface area contributed by atoms with Crippen molar-refractivity contribution in [2.24, 2.45) is 0 Å². The first kappa shape index (κ1) is 16.8. The molecule has 2 aromatic rings. The summed E-state index contributed by atoms with van der Waals surface area (Å²) in [7, 11) is 0. The molecule has 7 heteroatoms. The molecule has 2 N–H and O–H groups in total. The Morgan fingerprint density at radius 2 is 2.22 bits per heavy atom. The molecule has 0 saturated carbocycles. The lowest BCUT2D eigenvalue weighted by molar-refractivity contribution is -0.115. The van der Waals surface area contributed by atoms with Crippen LogP contribution in [0.4, 0.5) is 5.88 Å². The molecular formula is C16H21N5O2. The summed E-state index contributed by atoms with van der Waals surface area (Å²) in [6.07, 6.45) is 3.75. The fraction of sp³-hybridized carbons (Fsp3) is 0.438. The van der Waals surface area contributed by atoms with Crippen molar-refractivity contribution in [3.8, 4) is 6.07 Å². The van der Waals surface area contributed by atoms with Crippen LogP contribution in [0.5, 0.6) is 0 Å². The quantitative estimate of drug-likeness (QED) is 0.848. The highest BCUT2D eigenvalue weighted by Gasteiger charge is 2.16. The molecule has 1 unspecified atom stereocenters. The number of carbonyl (C=O) groups is 1. The number of nitrogens with one attached hydrogen (secondary N) is 2. The third kappa shape index (κ3) is 4.20. The van der Waals surface area contributed by atoms with Gasteiger partial charge in [-0.05, 0) is 33.3 Å². The molecule has 0 radical (unpaired) electrons. The molecule has 7 nitrogen and oxygen atoms in total. The number of nitrogens with zero attached hydrogens (tertiary/aromatic N) is 3. The standard InChI is InChI=1S/C16H21N5O2/c1-10-6-19-21(8-10)9-11(2)18-7-15(22)20-16-14(5-17)12(3)13(4)23-16/h6,8,11,18H,7,9H2,1-4H3,(H,20,22). The van der Waals surface area contributed by atoms with E-state index in [4.69, 9.17) is 9.68 Å². The monoisotopic (exact) mass is 315 g/mol. The van der Waals surface area contributed by atoms with Crippen LogP contribution in [0.15, 0.2) is 16.8 Å². The number of hydrogen-bond acceptors (Lipinski definition) is 5. The molecule has 2 heterocycles. The summed E-state index contributed by atoms with van der Waals surface area (Å²) in [4.78, 5) is 12.0. The average molecular weight is 315 g/mol. The second-order valence-electron chi connectivity index (χ2n) is 5.67. The smallest absolute Gasteiger partial charge is 0.240 e. The first-order valence-corrected chi connectivity index (χ1v) is 7.43. The molecule has 0 aliphatic carbocycles. The molecule has 0 aliphatic rings. The summed E-state index contributed by atoms with van der Waals surface area (Å²) in [6.45, 7) is 8.31. The summed E-state index contributed by atoms with van der Waals surface area (Å²) < 4.78 is 7.25. The van der Waals surface area contributed by atoms with Crippen LogP contribution in [0, 0.1) is 32.1 Å². The van der Waals surface area contributed by atoms with Crippen molar-refractivity contribution in [1.29, 1.82) is 5.26 Å². The zero-order valence-electron chi connectivity index (χ0n) is 13.8. The fourth-order valence-electron chi connectivity index (χ4n) is 2.20. The van der Waals surface area contributed by atoms with Gasteiger partial charge in [0.05, 0.1) is 19.3 Å². The minimum atomic E-state index is -0.251. The predicted octanol–water partition coefficient (Wildman–Crippen LogP) is 1.89. The van der Waals surface area contributed by atoms with Crippen molar-refractivity contribution < 1.29 is 9.21 Å². The molecule has 2 aromatic heterocycles. The van der Waals surface area contributed by atoms with Crippen molar-refractivity contribution in [2.75, 3.05) is 11.9 Å². The van der Waals surface area contributed by atoms with Gasteiger partial charge < -0.3 is 9.73 Å². The number of aromatic nitrogens is 2. The predicted molar refractivity (Wildman–Crippen MR) is 86.0 cm³/mol. The molecule has 0 aromatic carbocycles. The number of amides is 1. The van der Waals surface area contributed by atoms with Crippen molar-refractivity contribution >= 4 is 11.8 Å². The van der Waals surface area contributed by atoms with E-state index in [0.29, 0.717) is 17.9 Å². The second kappa shape index (κ2) is 7.11. The van der Waals surface area contributed by atoms with Crippen LogP contribution in [0.3, 0.4) is 0 Å². The lowest BCUT2D eigenvalue weighted by Gasteiger charge is -2.13. The molecule has 1 atom stereocenters. The van der Waals surface area contributed by atoms with E-state index in [2.05, 4.69) is 15.7 Å². The van der Waals surface area contributed by atoms with Gasteiger partial charge in [-0.25, -0.2) is 0 Å². The van der Waals surface area contributed by atoms with E-state index >= 15 is 0 Å². The molecule has 0 saturated heterocycles. The van der Waals surface area contributed by atoms with Crippen molar-refractivity contribution in [3.63, 3.8) is 0 Å². The van der Waals surface area contributed by atoms with Gasteiger partial charge >= 0.3 is 0 Å². The number of rotatable bonds is 6. The highest BCUT2D eigenvalue weighted by atomic mass is 16.4. The number of nitriles is 1. The molecule has 0 spiro atoms. The van der Waals surface area contributed by atoms with E-state index in [9.17, 15) is 4.79 Å². The topological polar surface area (TPSA) is 95.9 Å². The Balaban J connectivity index is 1.86. The Bertz CT molecular complexity index is 738. The van der Waals surface area contributed by atoms with Crippen LogP contribution in [-0.2, 0) is 11.3 Å². The lowest BCUT2D eigenvalue weighted by atomic mass is 10.2. The summed E-state index contributed by atoms with van der Waals surface area (Å²) in [5, 5.41) is 19.1. The molecule has 0 aliphatic heterocycles. The van der Waals surface area contributed by atoms with E-state index in [1.165, 1.54) is 0 Å². The van der Waals surface area contributed by atoms with Crippen LogP contribution in [0.2, 0.25) is 0 Å². The Morgan fingerprint density at radius 1 is 1.48 bits per heavy atom. The number of furan rings is 1. The van der Waals surface area contributed by atoms with E-state index in [-0.39, 0.29) is 24.4 Å². The highest BCUT2D eigenvalue weighted by Crippen LogP contribution is 2.25. The van der Waals surface area contributed by atoms with E-state index < -0.39 is 0 Å². The molecule has 0 fully saturated rings. The van der Waals surface area contributed by atoms with Gasteiger partial charge in [-0.15, -0.1) is 0 Å². The van der Waals surface area contributed by atoms with E-state index in [0.717, 1.165) is 11.1 Å². The number of carbonyl (C=O) groups excluding carboxylic acids is 1. The van der Waals surface area contributed by atoms with E-state index in [1.807, 2.05) is 30.8 Å². The van der Waals surface area contributed by atoms with Gasteiger partial charge in [0.2, 0.25) is 11.8 Å². The number of anilines is 1. The van der Waals surface area contributed by atoms with Crippen molar-refractivity contribution in [1.82, 2.24) is 15.1 Å². The van der Waals surface area contributed by atoms with Gasteiger partial charge in [-0.1, -0.05) is 0 Å². The van der Waals surface area contributed by atoms with Gasteiger partial charge in [0, 0.05) is 17.8 Å². The Morgan fingerprint density at radius 3 is 2.83 bits per heavy atom. The minimum Gasteiger partial charge on any atom is -0.444 e. The van der Waals surface area contributed by atoms with Crippen molar-refractivity contribution in [2.45, 2.75) is 40.3 Å². The van der Waals surface area contributed by atoms with E-state index in [1.54, 1.807) is 20.0 Å². The molecule has 23 heavy (non-hydrogen) atoms. The number of hydrogen-bond donors (Lipinski definition) is 2. The maximum Gasteiger partial charge on any atom is 0.240 e. The van der Waals surface area contributed by atoms with Gasteiger partial charge in [0.25, 0.3) is 0 Å². The van der Waals surface area contributed by atoms with Crippen LogP contribution in [0.1, 0.15) is 29.4 Å². The van der Waals surface area contributed by atoms with Crippen LogP contribution in [-0.4, -0.2) is 28.3 Å². The normalized spacial score (nSPS) is 12.0. The van der Waals surface area contributed by atoms with Crippen LogP contribution in [0.25, 0.3) is 0 Å². The summed E-state index contributed by atoms with van der Waals surface area (Å²) in [5.41, 5.74) is 2.22. The van der Waals surface area contributed by atoms with Gasteiger partial charge in [-0.2, -0.15) is 10.4 Å². The zero-order chi connectivity index (χ0) is 17.0. The zero-order valence-corrected chi connectivity index (χ0v) is 13.8. The third-order valence-electron chi connectivity index (χ3n) is 3.58. The summed E-state index contributed by atoms with van der Waals surface area (Å²) in [5.74, 6) is 0.593. The largest absolute Gasteiger partial charge is 0.444 e. The molecular weight excluding hydrogens is 294 g/mol. The van der Waals surface area contributed by atoms with Crippen LogP contribution >= 0.6 is 0 Å². The van der Waals surface area contributed by atoms with Crippen molar-refractivity contribution in [3.05, 3.63) is 34.8 Å². The summed E-state index contributed by atoms with van der Waals surface area (Å²) >= 11 is 0. The summed E-state index contributed by atoms with van der Waals surface area (Å²) in [6, 6.07) is 2.13.